The van der Waals surface area contributed by atoms with Gasteiger partial charge < -0.3 is 4.74 Å². The molecule has 0 rings (SSSR count). The van der Waals surface area contributed by atoms with Gasteiger partial charge in [0.15, 0.2) is 0 Å². The molecule has 0 aromatic heterocycles. The minimum atomic E-state index is -0.00412. The number of ether oxygens (including phenoxy) is 1. The molecule has 1 atom stereocenters. The second-order valence-electron chi connectivity index (χ2n) is 3.90. The summed E-state index contributed by atoms with van der Waals surface area (Å²) < 4.78 is 5.79. The zero-order chi connectivity index (χ0) is 8.91. The van der Waals surface area contributed by atoms with Crippen molar-refractivity contribution in [3.8, 4) is 0 Å². The molecule has 0 heterocycles. The van der Waals surface area contributed by atoms with E-state index in [0.29, 0.717) is 6.10 Å². The van der Waals surface area contributed by atoms with Crippen molar-refractivity contribution in [1.82, 2.24) is 0 Å². The molecule has 0 saturated carbocycles. The summed E-state index contributed by atoms with van der Waals surface area (Å²) in [6.45, 7) is 12.3. The first-order valence-electron chi connectivity index (χ1n) is 4.46. The van der Waals surface area contributed by atoms with E-state index in [1.807, 2.05) is 0 Å². The quantitative estimate of drug-likeness (QED) is 0.609. The zero-order valence-electron chi connectivity index (χ0n) is 8.31. The molecule has 1 radical (unpaired) electrons. The van der Waals surface area contributed by atoms with Gasteiger partial charge in [0.1, 0.15) is 0 Å². The van der Waals surface area contributed by atoms with Gasteiger partial charge in [0.25, 0.3) is 0 Å². The number of hydrogen-bond acceptors (Lipinski definition) is 1. The summed E-state index contributed by atoms with van der Waals surface area (Å²) in [7, 11) is 0. The molecule has 0 amide bonds. The van der Waals surface area contributed by atoms with Crippen LogP contribution in [0.25, 0.3) is 0 Å². The van der Waals surface area contributed by atoms with Crippen LogP contribution in [0.4, 0.5) is 0 Å². The van der Waals surface area contributed by atoms with Gasteiger partial charge in [-0.15, -0.1) is 0 Å². The first-order valence-corrected chi connectivity index (χ1v) is 4.46. The molecule has 67 valence electrons. The van der Waals surface area contributed by atoms with Crippen LogP contribution in [0.15, 0.2) is 0 Å². The van der Waals surface area contributed by atoms with Crippen molar-refractivity contribution in [2.75, 3.05) is 0 Å². The Bertz CT molecular complexity index is 91.5. The summed E-state index contributed by atoms with van der Waals surface area (Å²) in [4.78, 5) is 0. The third-order valence-electron chi connectivity index (χ3n) is 1.50. The fraction of sp³-hybridized carbons (Fsp3) is 0.900. The van der Waals surface area contributed by atoms with Gasteiger partial charge in [-0.25, -0.2) is 0 Å². The minimum Gasteiger partial charge on any atom is -0.373 e. The standard InChI is InChI=1S/C10H21O/c1-6-8-9(7-2)11-10(3,4)5/h9H,1,6-8H2,2-5H3. The van der Waals surface area contributed by atoms with Crippen LogP contribution in [0.2, 0.25) is 0 Å². The van der Waals surface area contributed by atoms with Crippen molar-refractivity contribution in [3.05, 3.63) is 6.92 Å². The van der Waals surface area contributed by atoms with Gasteiger partial charge in [-0.2, -0.15) is 0 Å². The molecular formula is C10H21O. The SMILES string of the molecule is [CH2]CCC(CC)OC(C)(C)C. The van der Waals surface area contributed by atoms with E-state index < -0.39 is 0 Å². The summed E-state index contributed by atoms with van der Waals surface area (Å²) >= 11 is 0. The first-order chi connectivity index (χ1) is 4.99. The van der Waals surface area contributed by atoms with Gasteiger partial charge >= 0.3 is 0 Å². The molecule has 11 heavy (non-hydrogen) atoms. The van der Waals surface area contributed by atoms with Crippen LogP contribution in [-0.2, 0) is 4.74 Å². The molecule has 0 aromatic rings. The van der Waals surface area contributed by atoms with E-state index in [4.69, 9.17) is 4.74 Å². The molecule has 0 aliphatic heterocycles. The van der Waals surface area contributed by atoms with Crippen LogP contribution < -0.4 is 0 Å². The lowest BCUT2D eigenvalue weighted by molar-refractivity contribution is -0.0637. The Kier molecular flexibility index (Phi) is 4.74. The van der Waals surface area contributed by atoms with Crippen molar-refractivity contribution in [2.24, 2.45) is 0 Å². The highest BCUT2D eigenvalue weighted by Gasteiger charge is 2.15. The first kappa shape index (κ1) is 11.0. The van der Waals surface area contributed by atoms with Crippen LogP contribution in [0, 0.1) is 6.92 Å². The Morgan fingerprint density at radius 3 is 2.18 bits per heavy atom. The zero-order valence-corrected chi connectivity index (χ0v) is 8.31. The Hall–Kier alpha value is -0.0400. The monoisotopic (exact) mass is 157 g/mol. The maximum Gasteiger partial charge on any atom is 0.0602 e. The van der Waals surface area contributed by atoms with Gasteiger partial charge in [-0.05, 0) is 33.6 Å². The number of hydrogen-bond donors (Lipinski definition) is 0. The molecule has 0 saturated heterocycles. The molecule has 0 N–H and O–H groups in total. The van der Waals surface area contributed by atoms with Crippen molar-refractivity contribution in [3.63, 3.8) is 0 Å². The van der Waals surface area contributed by atoms with Crippen molar-refractivity contribution >= 4 is 0 Å². The molecule has 0 spiro atoms. The van der Waals surface area contributed by atoms with Crippen molar-refractivity contribution < 1.29 is 4.74 Å². The minimum absolute atomic E-state index is 0.00412. The van der Waals surface area contributed by atoms with E-state index in [-0.39, 0.29) is 5.60 Å². The topological polar surface area (TPSA) is 9.23 Å². The highest BCUT2D eigenvalue weighted by Crippen LogP contribution is 2.16. The lowest BCUT2D eigenvalue weighted by atomic mass is 10.1. The summed E-state index contributed by atoms with van der Waals surface area (Å²) in [5.74, 6) is 0. The lowest BCUT2D eigenvalue weighted by Gasteiger charge is -2.26. The van der Waals surface area contributed by atoms with Gasteiger partial charge in [-0.3, -0.25) is 0 Å². The summed E-state index contributed by atoms with van der Waals surface area (Å²) in [6.07, 6.45) is 3.53. The fourth-order valence-corrected chi connectivity index (χ4v) is 1.07. The summed E-state index contributed by atoms with van der Waals surface area (Å²) in [6, 6.07) is 0. The average Bonchev–Trinajstić information content (AvgIpc) is 1.84. The van der Waals surface area contributed by atoms with E-state index in [0.717, 1.165) is 19.3 Å². The molecule has 1 unspecified atom stereocenters. The summed E-state index contributed by atoms with van der Waals surface area (Å²) in [5, 5.41) is 0. The molecule has 0 bridgehead atoms. The smallest absolute Gasteiger partial charge is 0.0602 e. The average molecular weight is 157 g/mol. The highest BCUT2D eigenvalue weighted by atomic mass is 16.5. The van der Waals surface area contributed by atoms with Crippen LogP contribution in [-0.4, -0.2) is 11.7 Å². The van der Waals surface area contributed by atoms with Gasteiger partial charge in [-0.1, -0.05) is 20.3 Å². The second-order valence-corrected chi connectivity index (χ2v) is 3.90. The molecule has 0 fully saturated rings. The molecule has 0 aromatic carbocycles. The Labute approximate surface area is 71.1 Å². The molecule has 1 nitrogen and oxygen atoms in total. The largest absolute Gasteiger partial charge is 0.373 e. The van der Waals surface area contributed by atoms with E-state index in [1.54, 1.807) is 0 Å². The van der Waals surface area contributed by atoms with E-state index in [9.17, 15) is 0 Å². The van der Waals surface area contributed by atoms with Gasteiger partial charge in [0.05, 0.1) is 11.7 Å². The van der Waals surface area contributed by atoms with E-state index in [1.165, 1.54) is 0 Å². The van der Waals surface area contributed by atoms with Crippen LogP contribution >= 0.6 is 0 Å². The molecule has 1 heteroatoms. The van der Waals surface area contributed by atoms with Crippen LogP contribution in [0.1, 0.15) is 47.0 Å². The molecular weight excluding hydrogens is 136 g/mol. The third kappa shape index (κ3) is 6.36. The molecule has 0 aliphatic carbocycles. The lowest BCUT2D eigenvalue weighted by Crippen LogP contribution is -2.26. The maximum atomic E-state index is 5.79. The highest BCUT2D eigenvalue weighted by molar-refractivity contribution is 4.65. The van der Waals surface area contributed by atoms with E-state index >= 15 is 0 Å². The molecule has 0 aliphatic rings. The predicted octanol–water partition coefficient (Wildman–Crippen LogP) is 3.19. The Balaban J connectivity index is 3.68. The van der Waals surface area contributed by atoms with Crippen LogP contribution in [0.5, 0.6) is 0 Å². The van der Waals surface area contributed by atoms with Crippen molar-refractivity contribution in [1.29, 1.82) is 0 Å². The second kappa shape index (κ2) is 4.76. The van der Waals surface area contributed by atoms with Gasteiger partial charge in [0.2, 0.25) is 0 Å². The Morgan fingerprint density at radius 1 is 1.36 bits per heavy atom. The normalized spacial score (nSPS) is 15.0. The van der Waals surface area contributed by atoms with Crippen molar-refractivity contribution in [2.45, 2.75) is 58.7 Å². The van der Waals surface area contributed by atoms with Gasteiger partial charge in [0, 0.05) is 0 Å². The predicted molar refractivity (Wildman–Crippen MR) is 49.5 cm³/mol. The maximum absolute atomic E-state index is 5.79. The third-order valence-corrected chi connectivity index (χ3v) is 1.50. The number of rotatable bonds is 4. The summed E-state index contributed by atoms with van der Waals surface area (Å²) in [5.41, 5.74) is -0.00412. The fourth-order valence-electron chi connectivity index (χ4n) is 1.07. The van der Waals surface area contributed by atoms with Crippen LogP contribution in [0.3, 0.4) is 0 Å². The Morgan fingerprint density at radius 2 is 1.91 bits per heavy atom. The van der Waals surface area contributed by atoms with E-state index in [2.05, 4.69) is 34.6 Å².